The zero-order valence-electron chi connectivity index (χ0n) is 13.0. The van der Waals surface area contributed by atoms with Gasteiger partial charge in [0.2, 0.25) is 5.91 Å². The molecule has 0 fully saturated rings. The summed E-state index contributed by atoms with van der Waals surface area (Å²) in [7, 11) is 3.10. The number of methoxy groups -OCH3 is 2. The Morgan fingerprint density at radius 2 is 1.74 bits per heavy atom. The summed E-state index contributed by atoms with van der Waals surface area (Å²) in [5, 5.41) is 3.28. The molecule has 0 aliphatic heterocycles. The predicted octanol–water partition coefficient (Wildman–Crippen LogP) is 3.76. The summed E-state index contributed by atoms with van der Waals surface area (Å²) in [6, 6.07) is 12.3. The van der Waals surface area contributed by atoms with Crippen molar-refractivity contribution < 1.29 is 19.0 Å². The number of hydrogen-bond donors (Lipinski definition) is 1. The van der Waals surface area contributed by atoms with Crippen LogP contribution in [0.15, 0.2) is 42.5 Å². The average Bonchev–Trinajstić information content (AvgIpc) is 2.55. The van der Waals surface area contributed by atoms with Crippen LogP contribution < -0.4 is 19.5 Å². The Labute approximate surface area is 140 Å². The molecule has 6 heteroatoms. The molecule has 0 radical (unpaired) electrons. The lowest BCUT2D eigenvalue weighted by atomic mass is 10.2. The fourth-order valence-corrected chi connectivity index (χ4v) is 2.15. The van der Waals surface area contributed by atoms with Gasteiger partial charge in [-0.25, -0.2) is 0 Å². The van der Waals surface area contributed by atoms with Gasteiger partial charge in [0.15, 0.2) is 11.5 Å². The molecule has 2 aromatic carbocycles. The van der Waals surface area contributed by atoms with Crippen LogP contribution in [0.1, 0.15) is 6.42 Å². The number of carbonyl (C=O) groups is 1. The van der Waals surface area contributed by atoms with Crippen LogP contribution in [-0.4, -0.2) is 26.7 Å². The highest BCUT2D eigenvalue weighted by Gasteiger charge is 2.09. The van der Waals surface area contributed by atoms with E-state index in [1.54, 1.807) is 37.4 Å². The van der Waals surface area contributed by atoms with Gasteiger partial charge in [-0.3, -0.25) is 4.79 Å². The van der Waals surface area contributed by atoms with E-state index in [1.165, 1.54) is 7.11 Å². The Balaban J connectivity index is 1.89. The molecule has 122 valence electrons. The van der Waals surface area contributed by atoms with Crippen LogP contribution in [0.2, 0.25) is 5.02 Å². The first-order valence-electron chi connectivity index (χ1n) is 7.03. The van der Waals surface area contributed by atoms with Crippen molar-refractivity contribution in [3.05, 3.63) is 47.5 Å². The van der Waals surface area contributed by atoms with Crippen molar-refractivity contribution in [2.45, 2.75) is 6.42 Å². The first-order valence-corrected chi connectivity index (χ1v) is 7.41. The number of benzene rings is 2. The minimum absolute atomic E-state index is 0.188. The number of hydrogen-bond acceptors (Lipinski definition) is 4. The second-order valence-electron chi connectivity index (χ2n) is 4.64. The van der Waals surface area contributed by atoms with Crippen LogP contribution in [-0.2, 0) is 4.79 Å². The smallest absolute Gasteiger partial charge is 0.227 e. The number of amides is 1. The summed E-state index contributed by atoms with van der Waals surface area (Å²) >= 11 is 5.93. The van der Waals surface area contributed by atoms with E-state index in [1.807, 2.05) is 12.1 Å². The van der Waals surface area contributed by atoms with Gasteiger partial charge >= 0.3 is 0 Å². The predicted molar refractivity (Wildman–Crippen MR) is 89.7 cm³/mol. The number of halogens is 1. The van der Waals surface area contributed by atoms with Crippen molar-refractivity contribution in [1.82, 2.24) is 0 Å². The normalized spacial score (nSPS) is 10.0. The van der Waals surface area contributed by atoms with Crippen LogP contribution in [0.3, 0.4) is 0 Å². The summed E-state index contributed by atoms with van der Waals surface area (Å²) in [5.41, 5.74) is 0.530. The van der Waals surface area contributed by atoms with Crippen molar-refractivity contribution in [2.75, 3.05) is 26.1 Å². The fourth-order valence-electron chi connectivity index (χ4n) is 1.98. The van der Waals surface area contributed by atoms with Gasteiger partial charge in [0.1, 0.15) is 5.75 Å². The molecule has 5 nitrogen and oxygen atoms in total. The van der Waals surface area contributed by atoms with E-state index < -0.39 is 0 Å². The molecular weight excluding hydrogens is 318 g/mol. The monoisotopic (exact) mass is 335 g/mol. The summed E-state index contributed by atoms with van der Waals surface area (Å²) in [5.74, 6) is 1.58. The lowest BCUT2D eigenvalue weighted by Crippen LogP contribution is -2.15. The maximum absolute atomic E-state index is 12.0. The van der Waals surface area contributed by atoms with Gasteiger partial charge in [-0.15, -0.1) is 0 Å². The molecule has 2 rings (SSSR count). The molecule has 0 heterocycles. The highest BCUT2D eigenvalue weighted by atomic mass is 35.5. The summed E-state index contributed by atoms with van der Waals surface area (Å²) in [4.78, 5) is 12.0. The van der Waals surface area contributed by atoms with Gasteiger partial charge < -0.3 is 19.5 Å². The standard InChI is InChI=1S/C17H18ClNO4/c1-21-14-8-7-12(18)11-13(14)19-17(20)9-10-23-16-6-4-3-5-15(16)22-2/h3-8,11H,9-10H2,1-2H3,(H,19,20). The van der Waals surface area contributed by atoms with E-state index >= 15 is 0 Å². The molecule has 0 saturated carbocycles. The second kappa shape index (κ2) is 8.29. The van der Waals surface area contributed by atoms with Gasteiger partial charge in [-0.05, 0) is 30.3 Å². The van der Waals surface area contributed by atoms with Crippen LogP contribution in [0.25, 0.3) is 0 Å². The van der Waals surface area contributed by atoms with Crippen molar-refractivity contribution in [3.8, 4) is 17.2 Å². The average molecular weight is 336 g/mol. The first kappa shape index (κ1) is 17.0. The Bertz CT molecular complexity index is 675. The fraction of sp³-hybridized carbons (Fsp3) is 0.235. The number of carbonyl (C=O) groups excluding carboxylic acids is 1. The molecule has 1 N–H and O–H groups in total. The van der Waals surface area contributed by atoms with Crippen LogP contribution in [0.4, 0.5) is 5.69 Å². The number of nitrogens with one attached hydrogen (secondary N) is 1. The number of anilines is 1. The van der Waals surface area contributed by atoms with Gasteiger partial charge in [-0.2, -0.15) is 0 Å². The maximum Gasteiger partial charge on any atom is 0.227 e. The molecule has 1 amide bonds. The highest BCUT2D eigenvalue weighted by Crippen LogP contribution is 2.28. The van der Waals surface area contributed by atoms with E-state index in [0.717, 1.165) is 0 Å². The topological polar surface area (TPSA) is 56.8 Å². The van der Waals surface area contributed by atoms with Gasteiger partial charge in [-0.1, -0.05) is 23.7 Å². The Kier molecular flexibility index (Phi) is 6.11. The maximum atomic E-state index is 12.0. The van der Waals surface area contributed by atoms with E-state index in [4.69, 9.17) is 25.8 Å². The molecule has 23 heavy (non-hydrogen) atoms. The molecule has 0 atom stereocenters. The minimum Gasteiger partial charge on any atom is -0.495 e. The van der Waals surface area contributed by atoms with Gasteiger partial charge in [0.05, 0.1) is 32.9 Å². The molecule has 2 aromatic rings. The van der Waals surface area contributed by atoms with Crippen molar-refractivity contribution in [1.29, 1.82) is 0 Å². The third-order valence-electron chi connectivity index (χ3n) is 3.09. The Morgan fingerprint density at radius 1 is 1.04 bits per heavy atom. The zero-order valence-corrected chi connectivity index (χ0v) is 13.7. The molecule has 0 spiro atoms. The highest BCUT2D eigenvalue weighted by molar-refractivity contribution is 6.31. The lowest BCUT2D eigenvalue weighted by Gasteiger charge is -2.12. The van der Waals surface area contributed by atoms with Crippen molar-refractivity contribution in [2.24, 2.45) is 0 Å². The molecular formula is C17H18ClNO4. The SMILES string of the molecule is COc1ccc(Cl)cc1NC(=O)CCOc1ccccc1OC. The molecule has 0 aliphatic carbocycles. The third kappa shape index (κ3) is 4.79. The number of ether oxygens (including phenoxy) is 3. The molecule has 0 aromatic heterocycles. The summed E-state index contributed by atoms with van der Waals surface area (Å²) in [6.45, 7) is 0.231. The first-order chi connectivity index (χ1) is 11.1. The van der Waals surface area contributed by atoms with Gasteiger partial charge in [0.25, 0.3) is 0 Å². The van der Waals surface area contributed by atoms with E-state index in [9.17, 15) is 4.79 Å². The second-order valence-corrected chi connectivity index (χ2v) is 5.08. The van der Waals surface area contributed by atoms with Crippen LogP contribution >= 0.6 is 11.6 Å². The summed E-state index contributed by atoms with van der Waals surface area (Å²) < 4.78 is 15.9. The minimum atomic E-state index is -0.194. The third-order valence-corrected chi connectivity index (χ3v) is 3.33. The molecule has 0 unspecified atom stereocenters. The molecule has 0 aliphatic rings. The van der Waals surface area contributed by atoms with E-state index in [-0.39, 0.29) is 18.9 Å². The summed E-state index contributed by atoms with van der Waals surface area (Å²) in [6.07, 6.45) is 0.188. The quantitative estimate of drug-likeness (QED) is 0.837. The van der Waals surface area contributed by atoms with E-state index in [2.05, 4.69) is 5.32 Å². The van der Waals surface area contributed by atoms with Crippen LogP contribution in [0.5, 0.6) is 17.2 Å². The van der Waals surface area contributed by atoms with Gasteiger partial charge in [0, 0.05) is 5.02 Å². The molecule has 0 bridgehead atoms. The van der Waals surface area contributed by atoms with E-state index in [0.29, 0.717) is 28.0 Å². The molecule has 0 saturated heterocycles. The van der Waals surface area contributed by atoms with Crippen molar-refractivity contribution in [3.63, 3.8) is 0 Å². The number of para-hydroxylation sites is 2. The number of rotatable bonds is 7. The lowest BCUT2D eigenvalue weighted by molar-refractivity contribution is -0.116. The zero-order chi connectivity index (χ0) is 16.7. The van der Waals surface area contributed by atoms with Crippen molar-refractivity contribution >= 4 is 23.2 Å². The Hall–Kier alpha value is -2.40. The largest absolute Gasteiger partial charge is 0.495 e. The Morgan fingerprint density at radius 3 is 2.43 bits per heavy atom. The van der Waals surface area contributed by atoms with Crippen LogP contribution in [0, 0.1) is 0 Å².